The number of amides is 1. The van der Waals surface area contributed by atoms with Gasteiger partial charge in [-0.1, -0.05) is 11.3 Å². The van der Waals surface area contributed by atoms with Crippen LogP contribution >= 0.6 is 11.3 Å². The molecule has 0 spiro atoms. The fourth-order valence-electron chi connectivity index (χ4n) is 2.58. The third kappa shape index (κ3) is 3.35. The maximum atomic E-state index is 12.4. The second kappa shape index (κ2) is 6.52. The second-order valence-electron chi connectivity index (χ2n) is 5.85. The molecule has 0 saturated carbocycles. The van der Waals surface area contributed by atoms with Crippen LogP contribution in [0.1, 0.15) is 38.0 Å². The lowest BCUT2D eigenvalue weighted by atomic mass is 10.1. The first-order valence-corrected chi connectivity index (χ1v) is 8.52. The number of nitrogens with one attached hydrogen (secondary N) is 1. The summed E-state index contributed by atoms with van der Waals surface area (Å²) in [5.41, 5.74) is 5.21. The van der Waals surface area contributed by atoms with Crippen LogP contribution in [0.5, 0.6) is 0 Å². The van der Waals surface area contributed by atoms with Gasteiger partial charge in [-0.2, -0.15) is 0 Å². The molecule has 0 aliphatic heterocycles. The molecule has 3 rings (SSSR count). The normalized spacial score (nSPS) is 10.8. The summed E-state index contributed by atoms with van der Waals surface area (Å²) in [4.78, 5) is 16.7. The van der Waals surface area contributed by atoms with E-state index in [1.165, 1.54) is 11.3 Å². The van der Waals surface area contributed by atoms with Gasteiger partial charge in [0.25, 0.3) is 5.91 Å². The van der Waals surface area contributed by atoms with Gasteiger partial charge in [-0.05, 0) is 51.0 Å². The molecular formula is C17H19N5OS. The predicted molar refractivity (Wildman–Crippen MR) is 93.6 cm³/mol. The van der Waals surface area contributed by atoms with E-state index in [9.17, 15) is 4.79 Å². The van der Waals surface area contributed by atoms with E-state index in [1.807, 2.05) is 45.2 Å². The number of carbonyl (C=O) groups excluding carboxylic acids is 1. The summed E-state index contributed by atoms with van der Waals surface area (Å²) in [6.07, 6.45) is 0. The van der Waals surface area contributed by atoms with Gasteiger partial charge >= 0.3 is 0 Å². The van der Waals surface area contributed by atoms with Gasteiger partial charge < -0.3 is 5.32 Å². The van der Waals surface area contributed by atoms with Crippen molar-refractivity contribution in [2.75, 3.05) is 0 Å². The van der Waals surface area contributed by atoms with Gasteiger partial charge in [-0.3, -0.25) is 4.79 Å². The number of benzene rings is 1. The number of aryl methyl sites for hydroxylation is 3. The smallest absolute Gasteiger partial charge is 0.274 e. The summed E-state index contributed by atoms with van der Waals surface area (Å²) in [5.74, 6) is -0.240. The molecule has 0 bridgehead atoms. The van der Waals surface area contributed by atoms with Crippen molar-refractivity contribution in [2.24, 2.45) is 0 Å². The molecule has 0 aliphatic carbocycles. The molecule has 0 atom stereocenters. The summed E-state index contributed by atoms with van der Waals surface area (Å²) >= 11 is 1.53. The molecule has 1 N–H and O–H groups in total. The first-order chi connectivity index (χ1) is 11.4. The third-order valence-electron chi connectivity index (χ3n) is 3.63. The molecule has 0 aliphatic rings. The molecule has 0 radical (unpaired) electrons. The first-order valence-electron chi connectivity index (χ1n) is 7.64. The van der Waals surface area contributed by atoms with E-state index in [0.717, 1.165) is 27.5 Å². The Balaban J connectivity index is 1.80. The zero-order chi connectivity index (χ0) is 17.3. The molecule has 2 heterocycles. The summed E-state index contributed by atoms with van der Waals surface area (Å²) in [6.45, 7) is 8.24. The Hall–Kier alpha value is -2.54. The third-order valence-corrected chi connectivity index (χ3v) is 4.59. The van der Waals surface area contributed by atoms with Crippen LogP contribution in [0, 0.1) is 27.7 Å². The van der Waals surface area contributed by atoms with Crippen molar-refractivity contribution < 1.29 is 4.79 Å². The van der Waals surface area contributed by atoms with E-state index in [2.05, 4.69) is 26.7 Å². The van der Waals surface area contributed by atoms with Crippen molar-refractivity contribution in [3.05, 3.63) is 56.8 Å². The topological polar surface area (TPSA) is 72.7 Å². The molecule has 6 nitrogen and oxygen atoms in total. The minimum Gasteiger partial charge on any atom is -0.344 e. The number of carbonyl (C=O) groups is 1. The van der Waals surface area contributed by atoms with Crippen LogP contribution in [-0.4, -0.2) is 25.9 Å². The number of aromatic nitrogens is 4. The highest BCUT2D eigenvalue weighted by Gasteiger charge is 2.17. The fraction of sp³-hybridized carbons (Fsp3) is 0.294. The number of thiazole rings is 1. The van der Waals surface area contributed by atoms with Crippen molar-refractivity contribution in [1.29, 1.82) is 0 Å². The largest absolute Gasteiger partial charge is 0.344 e. The average molecular weight is 341 g/mol. The minimum atomic E-state index is -0.240. The van der Waals surface area contributed by atoms with Crippen LogP contribution in [0.15, 0.2) is 23.6 Å². The maximum Gasteiger partial charge on any atom is 0.274 e. The highest BCUT2D eigenvalue weighted by Crippen LogP contribution is 2.16. The van der Waals surface area contributed by atoms with Crippen LogP contribution < -0.4 is 5.32 Å². The SMILES string of the molecule is Cc1cc(C)cc(-n2nnc(C(=O)NCc3nc(C)cs3)c2C)c1. The Morgan fingerprint density at radius 2 is 1.88 bits per heavy atom. The molecule has 24 heavy (non-hydrogen) atoms. The number of hydrogen-bond acceptors (Lipinski definition) is 5. The van der Waals surface area contributed by atoms with Crippen molar-refractivity contribution in [3.63, 3.8) is 0 Å². The van der Waals surface area contributed by atoms with Gasteiger partial charge in [0.1, 0.15) is 5.01 Å². The monoisotopic (exact) mass is 341 g/mol. The molecule has 0 fully saturated rings. The highest BCUT2D eigenvalue weighted by molar-refractivity contribution is 7.09. The molecule has 124 valence electrons. The van der Waals surface area contributed by atoms with Crippen molar-refractivity contribution in [1.82, 2.24) is 25.3 Å². The van der Waals surface area contributed by atoms with Gasteiger partial charge in [-0.25, -0.2) is 9.67 Å². The van der Waals surface area contributed by atoms with E-state index in [-0.39, 0.29) is 5.91 Å². The number of nitrogens with zero attached hydrogens (tertiary/aromatic N) is 4. The molecule has 0 saturated heterocycles. The van der Waals surface area contributed by atoms with E-state index < -0.39 is 0 Å². The van der Waals surface area contributed by atoms with Gasteiger partial charge in [0, 0.05) is 11.1 Å². The maximum absolute atomic E-state index is 12.4. The van der Waals surface area contributed by atoms with Gasteiger partial charge in [0.2, 0.25) is 0 Å². The number of rotatable bonds is 4. The Morgan fingerprint density at radius 1 is 1.17 bits per heavy atom. The van der Waals surface area contributed by atoms with Crippen LogP contribution in [0.3, 0.4) is 0 Å². The molecule has 1 amide bonds. The number of hydrogen-bond donors (Lipinski definition) is 1. The van der Waals surface area contributed by atoms with E-state index >= 15 is 0 Å². The molecule has 3 aromatic rings. The lowest BCUT2D eigenvalue weighted by molar-refractivity contribution is 0.0945. The Bertz CT molecular complexity index is 876. The first kappa shape index (κ1) is 16.3. The Labute approximate surface area is 144 Å². The van der Waals surface area contributed by atoms with E-state index in [4.69, 9.17) is 0 Å². The van der Waals surface area contributed by atoms with Gasteiger partial charge in [0.15, 0.2) is 5.69 Å². The molecule has 1 aromatic carbocycles. The zero-order valence-corrected chi connectivity index (χ0v) is 14.9. The molecular weight excluding hydrogens is 322 g/mol. The summed E-state index contributed by atoms with van der Waals surface area (Å²) < 4.78 is 1.70. The summed E-state index contributed by atoms with van der Waals surface area (Å²) in [7, 11) is 0. The highest BCUT2D eigenvalue weighted by atomic mass is 32.1. The van der Waals surface area contributed by atoms with Gasteiger partial charge in [0.05, 0.1) is 17.9 Å². The Morgan fingerprint density at radius 3 is 2.50 bits per heavy atom. The lowest BCUT2D eigenvalue weighted by Gasteiger charge is -2.06. The molecule has 2 aromatic heterocycles. The van der Waals surface area contributed by atoms with Crippen molar-refractivity contribution >= 4 is 17.2 Å². The summed E-state index contributed by atoms with van der Waals surface area (Å²) in [5, 5.41) is 13.9. The van der Waals surface area contributed by atoms with E-state index in [1.54, 1.807) is 4.68 Å². The fourth-order valence-corrected chi connectivity index (χ4v) is 3.29. The summed E-state index contributed by atoms with van der Waals surface area (Å²) in [6, 6.07) is 6.14. The molecule has 0 unspecified atom stereocenters. The standard InChI is InChI=1S/C17H19N5OS/c1-10-5-11(2)7-14(6-10)22-13(4)16(20-21-22)17(23)18-8-15-19-12(3)9-24-15/h5-7,9H,8H2,1-4H3,(H,18,23). The zero-order valence-electron chi connectivity index (χ0n) is 14.1. The quantitative estimate of drug-likeness (QED) is 0.792. The lowest BCUT2D eigenvalue weighted by Crippen LogP contribution is -2.24. The van der Waals surface area contributed by atoms with Gasteiger partial charge in [-0.15, -0.1) is 16.4 Å². The predicted octanol–water partition coefficient (Wildman–Crippen LogP) is 2.89. The van der Waals surface area contributed by atoms with Crippen molar-refractivity contribution in [2.45, 2.75) is 34.2 Å². The van der Waals surface area contributed by atoms with E-state index in [0.29, 0.717) is 17.9 Å². The second-order valence-corrected chi connectivity index (χ2v) is 6.79. The van der Waals surface area contributed by atoms with Crippen LogP contribution in [0.4, 0.5) is 0 Å². The molecule has 7 heteroatoms. The van der Waals surface area contributed by atoms with Crippen LogP contribution in [0.2, 0.25) is 0 Å². The average Bonchev–Trinajstić information content (AvgIpc) is 3.10. The van der Waals surface area contributed by atoms with Crippen molar-refractivity contribution in [3.8, 4) is 5.69 Å². The van der Waals surface area contributed by atoms with Crippen LogP contribution in [0.25, 0.3) is 5.69 Å². The minimum absolute atomic E-state index is 0.240. The van der Waals surface area contributed by atoms with Crippen LogP contribution in [-0.2, 0) is 6.54 Å². The Kier molecular flexibility index (Phi) is 4.44.